The Hall–Kier alpha value is -0.160. The largest absolute Gasteiger partial charge is 0.394 e. The molecule has 114 valence electrons. The van der Waals surface area contributed by atoms with Crippen molar-refractivity contribution >= 4 is 0 Å². The molecule has 1 aliphatic rings. The maximum absolute atomic E-state index is 9.42. The highest BCUT2D eigenvalue weighted by Gasteiger charge is 2.22. The normalized spacial score (nSPS) is 18.8. The maximum Gasteiger partial charge on any atom is 0.0610 e. The second-order valence-electron chi connectivity index (χ2n) is 6.17. The summed E-state index contributed by atoms with van der Waals surface area (Å²) >= 11 is 0. The Morgan fingerprint density at radius 1 is 1.37 bits per heavy atom. The van der Waals surface area contributed by atoms with Crippen molar-refractivity contribution in [3.8, 4) is 0 Å². The van der Waals surface area contributed by atoms with Crippen molar-refractivity contribution in [3.63, 3.8) is 0 Å². The standard InChI is InChI=1S/C15H32N2O2/c1-4-16-15(2,13-18)8-5-9-17(3)10-11-19-12-14-6-7-14/h14,16,18H,4-13H2,1-3H3. The molecule has 2 N–H and O–H groups in total. The van der Waals surface area contributed by atoms with E-state index in [4.69, 9.17) is 4.74 Å². The molecule has 0 aromatic rings. The number of rotatable bonds is 12. The molecule has 1 saturated carbocycles. The number of aliphatic hydroxyl groups is 1. The van der Waals surface area contributed by atoms with E-state index < -0.39 is 0 Å². The minimum atomic E-state index is -0.127. The summed E-state index contributed by atoms with van der Waals surface area (Å²) in [6.45, 7) is 9.15. The summed E-state index contributed by atoms with van der Waals surface area (Å²) in [6.07, 6.45) is 4.83. The number of hydrogen-bond donors (Lipinski definition) is 2. The van der Waals surface area contributed by atoms with Crippen molar-refractivity contribution in [1.29, 1.82) is 0 Å². The van der Waals surface area contributed by atoms with Crippen LogP contribution in [0.15, 0.2) is 0 Å². The van der Waals surface area contributed by atoms with Gasteiger partial charge in [0, 0.05) is 18.7 Å². The Labute approximate surface area is 118 Å². The van der Waals surface area contributed by atoms with E-state index in [1.54, 1.807) is 0 Å². The number of nitrogens with zero attached hydrogens (tertiary/aromatic N) is 1. The molecule has 19 heavy (non-hydrogen) atoms. The van der Waals surface area contributed by atoms with E-state index in [1.165, 1.54) is 12.8 Å². The third-order valence-corrected chi connectivity index (χ3v) is 3.89. The summed E-state index contributed by atoms with van der Waals surface area (Å²) in [7, 11) is 2.14. The van der Waals surface area contributed by atoms with Gasteiger partial charge in [0.15, 0.2) is 0 Å². The van der Waals surface area contributed by atoms with E-state index in [1.807, 2.05) is 0 Å². The topological polar surface area (TPSA) is 44.7 Å². The van der Waals surface area contributed by atoms with Crippen LogP contribution >= 0.6 is 0 Å². The SMILES string of the molecule is CCNC(C)(CO)CCCN(C)CCOCC1CC1. The first-order valence-corrected chi connectivity index (χ1v) is 7.72. The molecule has 0 aromatic carbocycles. The van der Waals surface area contributed by atoms with Gasteiger partial charge in [-0.3, -0.25) is 0 Å². The van der Waals surface area contributed by atoms with Gasteiger partial charge in [0.2, 0.25) is 0 Å². The zero-order chi connectivity index (χ0) is 14.1. The van der Waals surface area contributed by atoms with Gasteiger partial charge in [0.1, 0.15) is 0 Å². The van der Waals surface area contributed by atoms with Crippen LogP contribution in [0.4, 0.5) is 0 Å². The Morgan fingerprint density at radius 3 is 2.68 bits per heavy atom. The minimum absolute atomic E-state index is 0.127. The van der Waals surface area contributed by atoms with Crippen molar-refractivity contribution in [3.05, 3.63) is 0 Å². The molecular weight excluding hydrogens is 240 g/mol. The lowest BCUT2D eigenvalue weighted by Crippen LogP contribution is -2.46. The summed E-state index contributed by atoms with van der Waals surface area (Å²) in [6, 6.07) is 0. The summed E-state index contributed by atoms with van der Waals surface area (Å²) in [5, 5.41) is 12.8. The van der Waals surface area contributed by atoms with Crippen molar-refractivity contribution in [2.45, 2.75) is 45.1 Å². The molecule has 4 heteroatoms. The van der Waals surface area contributed by atoms with E-state index in [0.717, 1.165) is 51.6 Å². The number of likely N-dealkylation sites (N-methyl/N-ethyl adjacent to an activating group) is 2. The average Bonchev–Trinajstić information content (AvgIpc) is 3.19. The third-order valence-electron chi connectivity index (χ3n) is 3.89. The van der Waals surface area contributed by atoms with Crippen molar-refractivity contribution in [2.24, 2.45) is 5.92 Å². The zero-order valence-corrected chi connectivity index (χ0v) is 13.0. The van der Waals surface area contributed by atoms with Crippen molar-refractivity contribution in [2.75, 3.05) is 46.5 Å². The first kappa shape index (κ1) is 16.9. The Morgan fingerprint density at radius 2 is 2.11 bits per heavy atom. The Bertz CT molecular complexity index is 234. The van der Waals surface area contributed by atoms with Crippen LogP contribution in [0.2, 0.25) is 0 Å². The lowest BCUT2D eigenvalue weighted by atomic mass is 9.96. The van der Waals surface area contributed by atoms with Crippen LogP contribution in [0.25, 0.3) is 0 Å². The quantitative estimate of drug-likeness (QED) is 0.528. The van der Waals surface area contributed by atoms with Crippen LogP contribution in [-0.4, -0.2) is 62.0 Å². The predicted molar refractivity (Wildman–Crippen MR) is 79.4 cm³/mol. The van der Waals surface area contributed by atoms with Crippen LogP contribution in [0.3, 0.4) is 0 Å². The van der Waals surface area contributed by atoms with E-state index in [9.17, 15) is 5.11 Å². The van der Waals surface area contributed by atoms with Gasteiger partial charge >= 0.3 is 0 Å². The first-order chi connectivity index (χ1) is 9.09. The van der Waals surface area contributed by atoms with Gasteiger partial charge in [0.25, 0.3) is 0 Å². The fourth-order valence-corrected chi connectivity index (χ4v) is 2.26. The molecule has 0 aromatic heterocycles. The van der Waals surface area contributed by atoms with Crippen LogP contribution in [-0.2, 0) is 4.74 Å². The van der Waals surface area contributed by atoms with Crippen molar-refractivity contribution < 1.29 is 9.84 Å². The molecule has 1 aliphatic carbocycles. The summed E-state index contributed by atoms with van der Waals surface area (Å²) < 4.78 is 5.64. The highest BCUT2D eigenvalue weighted by molar-refractivity contribution is 4.81. The van der Waals surface area contributed by atoms with Crippen LogP contribution in [0, 0.1) is 5.92 Å². The predicted octanol–water partition coefficient (Wildman–Crippen LogP) is 1.49. The van der Waals surface area contributed by atoms with E-state index in [2.05, 4.69) is 31.1 Å². The van der Waals surface area contributed by atoms with Gasteiger partial charge in [0.05, 0.1) is 13.2 Å². The molecule has 0 bridgehead atoms. The number of ether oxygens (including phenoxy) is 1. The molecule has 0 radical (unpaired) electrons. The number of aliphatic hydroxyl groups excluding tert-OH is 1. The molecule has 1 unspecified atom stereocenters. The molecule has 0 saturated heterocycles. The molecule has 0 heterocycles. The Kier molecular flexibility index (Phi) is 7.91. The molecule has 0 amide bonds. The van der Waals surface area contributed by atoms with Gasteiger partial charge in [-0.25, -0.2) is 0 Å². The highest BCUT2D eigenvalue weighted by Crippen LogP contribution is 2.28. The van der Waals surface area contributed by atoms with Crippen LogP contribution < -0.4 is 5.32 Å². The average molecular weight is 272 g/mol. The second kappa shape index (κ2) is 8.90. The van der Waals surface area contributed by atoms with Crippen LogP contribution in [0.1, 0.15) is 39.5 Å². The summed E-state index contributed by atoms with van der Waals surface area (Å²) in [5.74, 6) is 0.857. The first-order valence-electron chi connectivity index (χ1n) is 7.72. The minimum Gasteiger partial charge on any atom is -0.394 e. The molecule has 4 nitrogen and oxygen atoms in total. The monoisotopic (exact) mass is 272 g/mol. The zero-order valence-electron chi connectivity index (χ0n) is 13.0. The van der Waals surface area contributed by atoms with E-state index in [0.29, 0.717) is 0 Å². The Balaban J connectivity index is 1.99. The molecular formula is C15H32N2O2. The molecule has 1 fully saturated rings. The van der Waals surface area contributed by atoms with Gasteiger partial charge < -0.3 is 20.1 Å². The summed E-state index contributed by atoms with van der Waals surface area (Å²) in [4.78, 5) is 2.32. The number of hydrogen-bond acceptors (Lipinski definition) is 4. The van der Waals surface area contributed by atoms with Crippen molar-refractivity contribution in [1.82, 2.24) is 10.2 Å². The third kappa shape index (κ3) is 7.88. The van der Waals surface area contributed by atoms with Gasteiger partial charge in [-0.1, -0.05) is 6.92 Å². The summed E-state index contributed by atoms with van der Waals surface area (Å²) in [5.41, 5.74) is -0.127. The second-order valence-corrected chi connectivity index (χ2v) is 6.17. The highest BCUT2D eigenvalue weighted by atomic mass is 16.5. The lowest BCUT2D eigenvalue weighted by molar-refractivity contribution is 0.101. The van der Waals surface area contributed by atoms with Crippen LogP contribution in [0.5, 0.6) is 0 Å². The molecule has 0 aliphatic heterocycles. The van der Waals surface area contributed by atoms with Gasteiger partial charge in [-0.15, -0.1) is 0 Å². The van der Waals surface area contributed by atoms with Gasteiger partial charge in [-0.2, -0.15) is 0 Å². The molecule has 1 atom stereocenters. The fraction of sp³-hybridized carbons (Fsp3) is 1.00. The van der Waals surface area contributed by atoms with E-state index >= 15 is 0 Å². The fourth-order valence-electron chi connectivity index (χ4n) is 2.26. The molecule has 0 spiro atoms. The lowest BCUT2D eigenvalue weighted by Gasteiger charge is -2.29. The van der Waals surface area contributed by atoms with Gasteiger partial charge in [-0.05, 0) is 58.7 Å². The maximum atomic E-state index is 9.42. The number of nitrogens with one attached hydrogen (secondary N) is 1. The van der Waals surface area contributed by atoms with E-state index in [-0.39, 0.29) is 12.1 Å². The molecule has 1 rings (SSSR count). The smallest absolute Gasteiger partial charge is 0.0610 e.